The van der Waals surface area contributed by atoms with Gasteiger partial charge in [-0.1, -0.05) is 34.6 Å². The lowest BCUT2D eigenvalue weighted by molar-refractivity contribution is -0.142. The highest BCUT2D eigenvalue weighted by molar-refractivity contribution is 7.89. The van der Waals surface area contributed by atoms with E-state index in [1.54, 1.807) is 24.3 Å². The number of benzene rings is 1. The molecule has 0 unspecified atom stereocenters. The molecule has 0 spiro atoms. The van der Waals surface area contributed by atoms with Gasteiger partial charge in [0.05, 0.1) is 4.90 Å². The summed E-state index contributed by atoms with van der Waals surface area (Å²) in [5, 5.41) is 2.89. The van der Waals surface area contributed by atoms with Crippen LogP contribution in [0.4, 0.5) is 5.69 Å². The number of hydrogen-bond acceptors (Lipinski definition) is 4. The van der Waals surface area contributed by atoms with E-state index in [9.17, 15) is 18.0 Å². The maximum Gasteiger partial charge on any atom is 0.243 e. The van der Waals surface area contributed by atoms with Gasteiger partial charge in [-0.3, -0.25) is 9.59 Å². The molecule has 1 aliphatic heterocycles. The Hall–Kier alpha value is -1.93. The summed E-state index contributed by atoms with van der Waals surface area (Å²) in [5.74, 6) is -0.127. The summed E-state index contributed by atoms with van der Waals surface area (Å²) in [6.07, 6.45) is 2.77. The maximum absolute atomic E-state index is 12.9. The smallest absolute Gasteiger partial charge is 0.243 e. The number of amides is 2. The molecule has 2 rings (SSSR count). The van der Waals surface area contributed by atoms with Crippen LogP contribution in [0.5, 0.6) is 0 Å². The molecule has 174 valence electrons. The van der Waals surface area contributed by atoms with Crippen LogP contribution >= 0.6 is 0 Å². The topological polar surface area (TPSA) is 86.8 Å². The summed E-state index contributed by atoms with van der Waals surface area (Å²) >= 11 is 0. The first-order valence-corrected chi connectivity index (χ1v) is 12.6. The van der Waals surface area contributed by atoms with E-state index < -0.39 is 15.4 Å². The second kappa shape index (κ2) is 10.6. The van der Waals surface area contributed by atoms with Crippen LogP contribution in [-0.4, -0.2) is 55.6 Å². The Balaban J connectivity index is 1.97. The van der Waals surface area contributed by atoms with Crippen molar-refractivity contribution in [1.29, 1.82) is 0 Å². The average molecular weight is 452 g/mol. The Morgan fingerprint density at radius 2 is 1.55 bits per heavy atom. The summed E-state index contributed by atoms with van der Waals surface area (Å²) in [6, 6.07) is 6.37. The number of nitrogens with zero attached hydrogens (tertiary/aromatic N) is 2. The molecule has 0 saturated carbocycles. The molecule has 0 aliphatic carbocycles. The molecule has 1 saturated heterocycles. The molecular weight excluding hydrogens is 414 g/mol. The number of hydrogen-bond donors (Lipinski definition) is 1. The minimum absolute atomic E-state index is 0.0861. The fraction of sp³-hybridized carbons (Fsp3) is 0.652. The Kier molecular flexibility index (Phi) is 8.65. The molecule has 31 heavy (non-hydrogen) atoms. The van der Waals surface area contributed by atoms with Crippen molar-refractivity contribution in [3.63, 3.8) is 0 Å². The number of sulfonamides is 1. The first kappa shape index (κ1) is 25.3. The molecule has 1 aromatic rings. The quantitative estimate of drug-likeness (QED) is 0.653. The predicted molar refractivity (Wildman–Crippen MR) is 123 cm³/mol. The molecule has 1 heterocycles. The second-order valence-electron chi connectivity index (χ2n) is 9.23. The molecule has 7 nitrogen and oxygen atoms in total. The highest BCUT2D eigenvalue weighted by Gasteiger charge is 2.32. The molecule has 0 radical (unpaired) electrons. The van der Waals surface area contributed by atoms with Gasteiger partial charge in [-0.2, -0.15) is 4.31 Å². The van der Waals surface area contributed by atoms with Crippen LogP contribution in [0.2, 0.25) is 0 Å². The van der Waals surface area contributed by atoms with E-state index in [1.807, 2.05) is 39.5 Å². The monoisotopic (exact) mass is 451 g/mol. The Bertz CT molecular complexity index is 846. The van der Waals surface area contributed by atoms with Gasteiger partial charge >= 0.3 is 0 Å². The highest BCUT2D eigenvalue weighted by Crippen LogP contribution is 2.25. The number of nitrogens with one attached hydrogen (secondary N) is 1. The van der Waals surface area contributed by atoms with Crippen molar-refractivity contribution in [2.24, 2.45) is 11.3 Å². The van der Waals surface area contributed by atoms with Crippen LogP contribution in [0.1, 0.15) is 60.3 Å². The molecule has 1 fully saturated rings. The summed E-state index contributed by atoms with van der Waals surface area (Å²) in [7, 11) is -3.53. The number of rotatable bonds is 8. The summed E-state index contributed by atoms with van der Waals surface area (Å²) in [6.45, 7) is 11.8. The van der Waals surface area contributed by atoms with Gasteiger partial charge in [0.25, 0.3) is 0 Å². The van der Waals surface area contributed by atoms with E-state index in [-0.39, 0.29) is 22.6 Å². The van der Waals surface area contributed by atoms with Crippen LogP contribution in [0, 0.1) is 11.3 Å². The van der Waals surface area contributed by atoms with E-state index >= 15 is 0 Å². The zero-order chi connectivity index (χ0) is 23.2. The Morgan fingerprint density at radius 3 is 2.00 bits per heavy atom. The molecule has 2 amide bonds. The number of piperidine rings is 1. The van der Waals surface area contributed by atoms with Gasteiger partial charge < -0.3 is 10.2 Å². The second-order valence-corrected chi connectivity index (χ2v) is 11.2. The van der Waals surface area contributed by atoms with Gasteiger partial charge in [-0.15, -0.1) is 0 Å². The number of carbonyl (C=O) groups is 2. The molecular formula is C23H37N3O4S. The van der Waals surface area contributed by atoms with Crippen molar-refractivity contribution in [3.8, 4) is 0 Å². The number of carbonyl (C=O) groups excluding carboxylic acids is 2. The fourth-order valence-corrected chi connectivity index (χ4v) is 5.40. The lowest BCUT2D eigenvalue weighted by Gasteiger charge is -2.35. The molecule has 8 heteroatoms. The highest BCUT2D eigenvalue weighted by atomic mass is 32.2. The van der Waals surface area contributed by atoms with Crippen LogP contribution in [-0.2, 0) is 19.6 Å². The van der Waals surface area contributed by atoms with E-state index in [0.717, 1.165) is 12.8 Å². The molecule has 0 bridgehead atoms. The van der Waals surface area contributed by atoms with Crippen molar-refractivity contribution in [2.45, 2.75) is 65.2 Å². The third-order valence-corrected chi connectivity index (χ3v) is 7.41. The molecule has 0 atom stereocenters. The molecule has 1 aromatic carbocycles. The molecule has 0 aromatic heterocycles. The van der Waals surface area contributed by atoms with Crippen molar-refractivity contribution in [3.05, 3.63) is 24.3 Å². The lowest BCUT2D eigenvalue weighted by atomic mass is 9.90. The Labute approximate surface area is 187 Å². The predicted octanol–water partition coefficient (Wildman–Crippen LogP) is 3.72. The molecule has 1 N–H and O–H groups in total. The number of anilines is 1. The van der Waals surface area contributed by atoms with E-state index in [1.165, 1.54) is 4.31 Å². The third-order valence-electron chi connectivity index (χ3n) is 5.50. The van der Waals surface area contributed by atoms with Crippen LogP contribution < -0.4 is 5.32 Å². The van der Waals surface area contributed by atoms with E-state index in [4.69, 9.17) is 0 Å². The zero-order valence-corrected chi connectivity index (χ0v) is 20.3. The first-order chi connectivity index (χ1) is 14.5. The van der Waals surface area contributed by atoms with Gasteiger partial charge in [-0.25, -0.2) is 8.42 Å². The summed E-state index contributed by atoms with van der Waals surface area (Å²) < 4.78 is 27.2. The van der Waals surface area contributed by atoms with Crippen molar-refractivity contribution in [2.75, 3.05) is 31.5 Å². The van der Waals surface area contributed by atoms with Crippen LogP contribution in [0.25, 0.3) is 0 Å². The van der Waals surface area contributed by atoms with E-state index in [0.29, 0.717) is 44.7 Å². The van der Waals surface area contributed by atoms with Crippen LogP contribution in [0.15, 0.2) is 29.2 Å². The fourth-order valence-electron chi connectivity index (χ4n) is 3.77. The van der Waals surface area contributed by atoms with Crippen molar-refractivity contribution >= 4 is 27.5 Å². The number of likely N-dealkylation sites (tertiary alicyclic amines) is 1. The minimum Gasteiger partial charge on any atom is -0.342 e. The van der Waals surface area contributed by atoms with Gasteiger partial charge in [0.15, 0.2) is 0 Å². The normalized spacial score (nSPS) is 15.9. The van der Waals surface area contributed by atoms with Gasteiger partial charge in [-0.05, 0) is 49.9 Å². The summed E-state index contributed by atoms with van der Waals surface area (Å²) in [4.78, 5) is 27.1. The van der Waals surface area contributed by atoms with Crippen LogP contribution in [0.3, 0.4) is 0 Å². The van der Waals surface area contributed by atoms with Crippen molar-refractivity contribution in [1.82, 2.24) is 9.21 Å². The van der Waals surface area contributed by atoms with Crippen molar-refractivity contribution < 1.29 is 18.0 Å². The largest absolute Gasteiger partial charge is 0.342 e. The van der Waals surface area contributed by atoms with Gasteiger partial charge in [0.1, 0.15) is 0 Å². The molecule has 1 aliphatic rings. The average Bonchev–Trinajstić information content (AvgIpc) is 2.73. The van der Waals surface area contributed by atoms with Gasteiger partial charge in [0, 0.05) is 43.2 Å². The third kappa shape index (κ3) is 6.53. The summed E-state index contributed by atoms with van der Waals surface area (Å²) in [5.41, 5.74) is 0.163. The van der Waals surface area contributed by atoms with Gasteiger partial charge in [0.2, 0.25) is 21.8 Å². The first-order valence-electron chi connectivity index (χ1n) is 11.2. The maximum atomic E-state index is 12.9. The van der Waals surface area contributed by atoms with E-state index in [2.05, 4.69) is 5.32 Å². The standard InChI is InChI=1S/C23H37N3O4S/c1-6-14-26(15-7-2)31(29,30)20-10-8-19(9-11-20)24-21(27)18-12-16-25(17-13-18)22(28)23(3,4)5/h8-11,18H,6-7,12-17H2,1-5H3,(H,24,27). The lowest BCUT2D eigenvalue weighted by Crippen LogP contribution is -2.45. The SMILES string of the molecule is CCCN(CCC)S(=O)(=O)c1ccc(NC(=O)C2CCN(C(=O)C(C)(C)C)CC2)cc1. The minimum atomic E-state index is -3.53. The Morgan fingerprint density at radius 1 is 1.03 bits per heavy atom. The zero-order valence-electron chi connectivity index (χ0n) is 19.5.